The average Bonchev–Trinajstić information content (AvgIpc) is 2.57. The number of hydrogen-bond donors (Lipinski definition) is 1. The van der Waals surface area contributed by atoms with Gasteiger partial charge in [-0.15, -0.1) is 11.3 Å². The van der Waals surface area contributed by atoms with Crippen molar-refractivity contribution in [2.45, 2.75) is 0 Å². The predicted molar refractivity (Wildman–Crippen MR) is 58.3 cm³/mol. The van der Waals surface area contributed by atoms with Crippen molar-refractivity contribution < 1.29 is 8.42 Å². The van der Waals surface area contributed by atoms with Gasteiger partial charge in [-0.05, 0) is 17.5 Å². The summed E-state index contributed by atoms with van der Waals surface area (Å²) in [5.74, 6) is 0.185. The topological polar surface area (TPSA) is 49.4 Å². The van der Waals surface area contributed by atoms with Crippen LogP contribution < -0.4 is 9.62 Å². The Labute approximate surface area is 87.6 Å². The van der Waals surface area contributed by atoms with Gasteiger partial charge in [0.15, 0.2) is 0 Å². The second kappa shape index (κ2) is 3.88. The normalized spacial score (nSPS) is 21.9. The van der Waals surface area contributed by atoms with Crippen LogP contribution in [0, 0.1) is 0 Å². The molecule has 0 radical (unpaired) electrons. The van der Waals surface area contributed by atoms with Gasteiger partial charge in [0.05, 0.1) is 5.75 Å². The zero-order valence-corrected chi connectivity index (χ0v) is 9.27. The quantitative estimate of drug-likeness (QED) is 0.766. The molecule has 1 aliphatic heterocycles. The van der Waals surface area contributed by atoms with E-state index in [4.69, 9.17) is 0 Å². The number of hydrogen-bond acceptors (Lipinski definition) is 4. The van der Waals surface area contributed by atoms with Crippen molar-refractivity contribution in [1.82, 2.24) is 5.32 Å². The number of anilines is 1. The minimum atomic E-state index is -3.10. The molecule has 0 unspecified atom stereocenters. The van der Waals surface area contributed by atoms with E-state index in [0.717, 1.165) is 11.5 Å². The molecule has 4 nitrogen and oxygen atoms in total. The number of sulfonamides is 1. The van der Waals surface area contributed by atoms with Gasteiger partial charge in [-0.1, -0.05) is 0 Å². The molecular formula is C8H12N2O2S2. The third-order valence-corrected chi connectivity index (χ3v) is 4.89. The van der Waals surface area contributed by atoms with E-state index in [1.165, 1.54) is 15.6 Å². The largest absolute Gasteiger partial charge is 0.314 e. The summed E-state index contributed by atoms with van der Waals surface area (Å²) in [6.45, 7) is 1.80. The minimum absolute atomic E-state index is 0.185. The van der Waals surface area contributed by atoms with Crippen LogP contribution in [0.25, 0.3) is 0 Å². The Morgan fingerprint density at radius 3 is 3.00 bits per heavy atom. The standard InChI is InChI=1S/C8H12N2O2S2/c11-14(12)7-4-9-3-5-10(14)8-2-1-6-13-8/h1-2,6,9H,3-5,7H2. The molecule has 2 heterocycles. The highest BCUT2D eigenvalue weighted by Crippen LogP contribution is 2.24. The smallest absolute Gasteiger partial charge is 0.237 e. The van der Waals surface area contributed by atoms with Crippen molar-refractivity contribution in [1.29, 1.82) is 0 Å². The van der Waals surface area contributed by atoms with Crippen LogP contribution in [-0.2, 0) is 10.0 Å². The molecule has 1 aromatic rings. The Morgan fingerprint density at radius 2 is 2.29 bits per heavy atom. The fraction of sp³-hybridized carbons (Fsp3) is 0.500. The highest BCUT2D eigenvalue weighted by Gasteiger charge is 2.24. The summed E-state index contributed by atoms with van der Waals surface area (Å²) >= 11 is 1.46. The number of nitrogens with one attached hydrogen (secondary N) is 1. The van der Waals surface area contributed by atoms with Crippen LogP contribution in [0.1, 0.15) is 0 Å². The van der Waals surface area contributed by atoms with E-state index in [2.05, 4.69) is 5.32 Å². The summed E-state index contributed by atoms with van der Waals surface area (Å²) in [5.41, 5.74) is 0. The molecule has 78 valence electrons. The lowest BCUT2D eigenvalue weighted by Gasteiger charge is -2.19. The van der Waals surface area contributed by atoms with Crippen LogP contribution in [0.3, 0.4) is 0 Å². The molecule has 0 amide bonds. The van der Waals surface area contributed by atoms with Crippen LogP contribution >= 0.6 is 11.3 Å². The maximum Gasteiger partial charge on any atom is 0.237 e. The van der Waals surface area contributed by atoms with Crippen molar-refractivity contribution in [2.75, 3.05) is 29.7 Å². The lowest BCUT2D eigenvalue weighted by molar-refractivity contribution is 0.594. The Balaban J connectivity index is 2.32. The lowest BCUT2D eigenvalue weighted by Crippen LogP contribution is -2.32. The van der Waals surface area contributed by atoms with E-state index < -0.39 is 10.0 Å². The Kier molecular flexibility index (Phi) is 2.76. The Morgan fingerprint density at radius 1 is 1.43 bits per heavy atom. The van der Waals surface area contributed by atoms with E-state index in [1.807, 2.05) is 17.5 Å². The van der Waals surface area contributed by atoms with Gasteiger partial charge in [0.25, 0.3) is 0 Å². The number of rotatable bonds is 1. The van der Waals surface area contributed by atoms with Gasteiger partial charge in [-0.3, -0.25) is 4.31 Å². The Bertz CT molecular complexity index is 385. The summed E-state index contributed by atoms with van der Waals surface area (Å²) in [6.07, 6.45) is 0. The second-order valence-electron chi connectivity index (χ2n) is 3.09. The van der Waals surface area contributed by atoms with E-state index in [9.17, 15) is 8.42 Å². The molecule has 2 rings (SSSR count). The highest BCUT2D eigenvalue weighted by molar-refractivity contribution is 7.93. The first kappa shape index (κ1) is 9.95. The molecule has 1 N–H and O–H groups in total. The molecular weight excluding hydrogens is 220 g/mol. The van der Waals surface area contributed by atoms with Gasteiger partial charge in [0.2, 0.25) is 10.0 Å². The zero-order chi connectivity index (χ0) is 10.0. The maximum absolute atomic E-state index is 11.8. The van der Waals surface area contributed by atoms with Crippen LogP contribution in [0.2, 0.25) is 0 Å². The fourth-order valence-electron chi connectivity index (χ4n) is 1.42. The van der Waals surface area contributed by atoms with Crippen LogP contribution in [0.5, 0.6) is 0 Å². The first-order valence-electron chi connectivity index (χ1n) is 4.45. The molecule has 0 atom stereocenters. The fourth-order valence-corrected chi connectivity index (χ4v) is 3.87. The number of thiophene rings is 1. The van der Waals surface area contributed by atoms with Crippen molar-refractivity contribution in [3.8, 4) is 0 Å². The summed E-state index contributed by atoms with van der Waals surface area (Å²) in [7, 11) is -3.10. The lowest BCUT2D eigenvalue weighted by atomic mass is 10.5. The molecule has 1 saturated heterocycles. The summed E-state index contributed by atoms with van der Waals surface area (Å²) in [5, 5.41) is 5.78. The minimum Gasteiger partial charge on any atom is -0.314 e. The SMILES string of the molecule is O=S1(=O)CCNCCN1c1cccs1. The first-order chi connectivity index (χ1) is 6.70. The number of nitrogens with zero attached hydrogens (tertiary/aromatic N) is 1. The van der Waals surface area contributed by atoms with E-state index >= 15 is 0 Å². The van der Waals surface area contributed by atoms with Crippen molar-refractivity contribution in [3.05, 3.63) is 17.5 Å². The third-order valence-electron chi connectivity index (χ3n) is 2.12. The van der Waals surface area contributed by atoms with Crippen LogP contribution in [-0.4, -0.2) is 33.8 Å². The van der Waals surface area contributed by atoms with Gasteiger partial charge >= 0.3 is 0 Å². The van der Waals surface area contributed by atoms with Crippen molar-refractivity contribution in [3.63, 3.8) is 0 Å². The van der Waals surface area contributed by atoms with Gasteiger partial charge in [-0.2, -0.15) is 0 Å². The van der Waals surface area contributed by atoms with Crippen LogP contribution in [0.15, 0.2) is 17.5 Å². The first-order valence-corrected chi connectivity index (χ1v) is 6.94. The summed E-state index contributed by atoms with van der Waals surface area (Å²) in [4.78, 5) is 0. The van der Waals surface area contributed by atoms with E-state index in [1.54, 1.807) is 0 Å². The predicted octanol–water partition coefficient (Wildman–Crippen LogP) is 0.488. The van der Waals surface area contributed by atoms with Crippen molar-refractivity contribution in [2.24, 2.45) is 0 Å². The monoisotopic (exact) mass is 232 g/mol. The van der Waals surface area contributed by atoms with Gasteiger partial charge < -0.3 is 5.32 Å². The van der Waals surface area contributed by atoms with E-state index in [-0.39, 0.29) is 5.75 Å². The summed E-state index contributed by atoms with van der Waals surface area (Å²) < 4.78 is 25.1. The second-order valence-corrected chi connectivity index (χ2v) is 6.03. The van der Waals surface area contributed by atoms with Crippen molar-refractivity contribution >= 4 is 26.4 Å². The van der Waals surface area contributed by atoms with Gasteiger partial charge in [-0.25, -0.2) is 8.42 Å². The third kappa shape index (κ3) is 1.92. The van der Waals surface area contributed by atoms with Gasteiger partial charge in [0, 0.05) is 19.6 Å². The molecule has 1 fully saturated rings. The maximum atomic E-state index is 11.8. The molecule has 1 aromatic heterocycles. The molecule has 0 bridgehead atoms. The van der Waals surface area contributed by atoms with Crippen LogP contribution in [0.4, 0.5) is 5.00 Å². The molecule has 0 spiro atoms. The van der Waals surface area contributed by atoms with Gasteiger partial charge in [0.1, 0.15) is 5.00 Å². The summed E-state index contributed by atoms with van der Waals surface area (Å²) in [6, 6.07) is 3.71. The molecule has 14 heavy (non-hydrogen) atoms. The average molecular weight is 232 g/mol. The molecule has 6 heteroatoms. The molecule has 1 aliphatic rings. The molecule has 0 saturated carbocycles. The molecule has 0 aromatic carbocycles. The highest BCUT2D eigenvalue weighted by atomic mass is 32.2. The Hall–Kier alpha value is -0.590. The zero-order valence-electron chi connectivity index (χ0n) is 7.64. The molecule has 0 aliphatic carbocycles. The van der Waals surface area contributed by atoms with E-state index in [0.29, 0.717) is 13.1 Å².